The average Bonchev–Trinajstić information content (AvgIpc) is 3.03. The molecule has 26 heavy (non-hydrogen) atoms. The topological polar surface area (TPSA) is 58.4 Å². The first-order valence-corrected chi connectivity index (χ1v) is 10.1. The van der Waals surface area contributed by atoms with Crippen molar-refractivity contribution in [1.82, 2.24) is 19.6 Å². The van der Waals surface area contributed by atoms with Crippen molar-refractivity contribution < 1.29 is 9.59 Å². The molecular weight excluding hydrogens is 328 g/mol. The van der Waals surface area contributed by atoms with E-state index in [1.165, 1.54) is 0 Å². The van der Waals surface area contributed by atoms with Gasteiger partial charge in [0.1, 0.15) is 5.69 Å². The Kier molecular flexibility index (Phi) is 5.68. The highest BCUT2D eigenvalue weighted by Crippen LogP contribution is 2.39. The Morgan fingerprint density at radius 3 is 2.77 bits per heavy atom. The molecule has 2 saturated heterocycles. The van der Waals surface area contributed by atoms with E-state index in [4.69, 9.17) is 0 Å². The van der Waals surface area contributed by atoms with Crippen molar-refractivity contribution in [1.29, 1.82) is 0 Å². The lowest BCUT2D eigenvalue weighted by Crippen LogP contribution is -2.55. The molecule has 3 rings (SSSR count). The molecule has 2 aliphatic heterocycles. The van der Waals surface area contributed by atoms with Crippen LogP contribution in [0.15, 0.2) is 6.07 Å². The number of hydrogen-bond donors (Lipinski definition) is 0. The highest BCUT2D eigenvalue weighted by atomic mass is 16.2. The van der Waals surface area contributed by atoms with Gasteiger partial charge in [0, 0.05) is 45.1 Å². The summed E-state index contributed by atoms with van der Waals surface area (Å²) in [6.07, 6.45) is 6.64. The van der Waals surface area contributed by atoms with Crippen LogP contribution < -0.4 is 0 Å². The zero-order valence-electron chi connectivity index (χ0n) is 16.5. The minimum atomic E-state index is 0.0712. The molecule has 1 spiro atoms. The van der Waals surface area contributed by atoms with Crippen LogP contribution in [0.2, 0.25) is 0 Å². The van der Waals surface area contributed by atoms with Crippen LogP contribution in [0.1, 0.15) is 68.6 Å². The molecule has 6 nitrogen and oxygen atoms in total. The number of carbonyl (C=O) groups is 2. The van der Waals surface area contributed by atoms with E-state index in [-0.39, 0.29) is 17.2 Å². The summed E-state index contributed by atoms with van der Waals surface area (Å²) in [7, 11) is 1.85. The number of unbranched alkanes of at least 4 members (excludes halogenated alkanes) is 1. The van der Waals surface area contributed by atoms with E-state index in [0.29, 0.717) is 12.1 Å². The Labute approximate surface area is 156 Å². The molecule has 0 aliphatic carbocycles. The van der Waals surface area contributed by atoms with E-state index in [1.54, 1.807) is 4.68 Å². The van der Waals surface area contributed by atoms with Gasteiger partial charge in [-0.1, -0.05) is 20.3 Å². The number of hydrogen-bond acceptors (Lipinski definition) is 3. The fourth-order valence-corrected chi connectivity index (χ4v) is 4.43. The van der Waals surface area contributed by atoms with Crippen molar-refractivity contribution in [2.24, 2.45) is 12.5 Å². The zero-order chi connectivity index (χ0) is 18.7. The summed E-state index contributed by atoms with van der Waals surface area (Å²) in [6, 6.07) is 1.92. The molecule has 1 aromatic heterocycles. The smallest absolute Gasteiger partial charge is 0.272 e. The first kappa shape index (κ1) is 18.9. The molecular formula is C20H32N4O2. The quantitative estimate of drug-likeness (QED) is 0.811. The van der Waals surface area contributed by atoms with Gasteiger partial charge in [-0.25, -0.2) is 0 Å². The first-order chi connectivity index (χ1) is 12.5. The summed E-state index contributed by atoms with van der Waals surface area (Å²) < 4.78 is 1.71. The second-order valence-corrected chi connectivity index (χ2v) is 8.00. The Hall–Kier alpha value is -1.85. The number of rotatable bonds is 5. The van der Waals surface area contributed by atoms with Gasteiger partial charge in [0.25, 0.3) is 5.91 Å². The zero-order valence-corrected chi connectivity index (χ0v) is 16.5. The molecule has 0 unspecified atom stereocenters. The number of piperidine rings is 2. The fraction of sp³-hybridized carbons (Fsp3) is 0.750. The second-order valence-electron chi connectivity index (χ2n) is 8.00. The van der Waals surface area contributed by atoms with E-state index < -0.39 is 0 Å². The normalized spacial score (nSPS) is 23.7. The molecule has 0 bridgehead atoms. The van der Waals surface area contributed by atoms with E-state index in [1.807, 2.05) is 22.9 Å². The summed E-state index contributed by atoms with van der Waals surface area (Å²) in [6.45, 7) is 7.43. The van der Waals surface area contributed by atoms with Gasteiger partial charge < -0.3 is 9.80 Å². The predicted molar refractivity (Wildman–Crippen MR) is 101 cm³/mol. The van der Waals surface area contributed by atoms with Crippen LogP contribution in [0.5, 0.6) is 0 Å². The van der Waals surface area contributed by atoms with Crippen molar-refractivity contribution in [3.8, 4) is 0 Å². The van der Waals surface area contributed by atoms with Gasteiger partial charge in [0.15, 0.2) is 0 Å². The lowest BCUT2D eigenvalue weighted by Gasteiger charge is -2.48. The Morgan fingerprint density at radius 2 is 2.08 bits per heavy atom. The molecule has 144 valence electrons. The van der Waals surface area contributed by atoms with Crippen LogP contribution in [0.25, 0.3) is 0 Å². The van der Waals surface area contributed by atoms with E-state index in [2.05, 4.69) is 18.9 Å². The molecule has 1 aromatic rings. The minimum Gasteiger partial charge on any atom is -0.342 e. The largest absolute Gasteiger partial charge is 0.342 e. The van der Waals surface area contributed by atoms with Gasteiger partial charge in [0.05, 0.1) is 5.69 Å². The summed E-state index contributed by atoms with van der Waals surface area (Å²) in [5.41, 5.74) is 1.70. The molecule has 3 heterocycles. The number of aromatic nitrogens is 2. The lowest BCUT2D eigenvalue weighted by atomic mass is 9.73. The standard InChI is InChI=1S/C20H32N4O2/c1-4-6-11-23-14-20(10-8-18(23)25)9-7-12-24(15-20)19(26)17-13-16(5-2)21-22(17)3/h13H,4-12,14-15H2,1-3H3/t20-/m0/s1. The van der Waals surface area contributed by atoms with Crippen LogP contribution >= 0.6 is 0 Å². The fourth-order valence-electron chi connectivity index (χ4n) is 4.43. The molecule has 2 aliphatic rings. The third kappa shape index (κ3) is 3.79. The van der Waals surface area contributed by atoms with Crippen molar-refractivity contribution in [2.75, 3.05) is 26.2 Å². The highest BCUT2D eigenvalue weighted by Gasteiger charge is 2.42. The average molecular weight is 361 g/mol. The molecule has 0 saturated carbocycles. The molecule has 0 N–H and O–H groups in total. The summed E-state index contributed by atoms with van der Waals surface area (Å²) in [4.78, 5) is 29.4. The van der Waals surface area contributed by atoms with E-state index in [0.717, 1.165) is 70.4 Å². The molecule has 0 radical (unpaired) electrons. The van der Waals surface area contributed by atoms with Crippen molar-refractivity contribution in [2.45, 2.75) is 58.8 Å². The maximum Gasteiger partial charge on any atom is 0.272 e. The van der Waals surface area contributed by atoms with Gasteiger partial charge in [-0.15, -0.1) is 0 Å². The maximum absolute atomic E-state index is 13.1. The first-order valence-electron chi connectivity index (χ1n) is 10.1. The molecule has 6 heteroatoms. The van der Waals surface area contributed by atoms with E-state index in [9.17, 15) is 9.59 Å². The Morgan fingerprint density at radius 1 is 1.27 bits per heavy atom. The van der Waals surface area contributed by atoms with Gasteiger partial charge in [-0.05, 0) is 38.2 Å². The molecule has 2 amide bonds. The van der Waals surface area contributed by atoms with Gasteiger partial charge in [0.2, 0.25) is 5.91 Å². The van der Waals surface area contributed by atoms with Crippen LogP contribution in [-0.2, 0) is 18.3 Å². The van der Waals surface area contributed by atoms with Crippen LogP contribution in [0.3, 0.4) is 0 Å². The van der Waals surface area contributed by atoms with Gasteiger partial charge in [-0.2, -0.15) is 5.10 Å². The van der Waals surface area contributed by atoms with E-state index >= 15 is 0 Å². The van der Waals surface area contributed by atoms with Crippen LogP contribution in [0, 0.1) is 5.41 Å². The number of aryl methyl sites for hydroxylation is 2. The lowest BCUT2D eigenvalue weighted by molar-refractivity contribution is -0.139. The maximum atomic E-state index is 13.1. The summed E-state index contributed by atoms with van der Waals surface area (Å²) in [5.74, 6) is 0.363. The van der Waals surface area contributed by atoms with Gasteiger partial charge in [-0.3, -0.25) is 14.3 Å². The molecule has 0 aromatic carbocycles. The highest BCUT2D eigenvalue weighted by molar-refractivity contribution is 5.92. The SMILES string of the molecule is CCCCN1C[C@]2(CCCN(C(=O)c3cc(CC)nn3C)C2)CCC1=O. The number of likely N-dealkylation sites (tertiary alicyclic amines) is 2. The van der Waals surface area contributed by atoms with Crippen LogP contribution in [0.4, 0.5) is 0 Å². The molecule has 2 fully saturated rings. The summed E-state index contributed by atoms with van der Waals surface area (Å²) in [5, 5.41) is 4.42. The van der Waals surface area contributed by atoms with Crippen molar-refractivity contribution >= 4 is 11.8 Å². The Bertz CT molecular complexity index is 669. The number of carbonyl (C=O) groups excluding carboxylic acids is 2. The Balaban J connectivity index is 1.72. The van der Waals surface area contributed by atoms with Crippen molar-refractivity contribution in [3.63, 3.8) is 0 Å². The number of amides is 2. The number of nitrogens with zero attached hydrogens (tertiary/aromatic N) is 4. The van der Waals surface area contributed by atoms with Crippen LogP contribution in [-0.4, -0.2) is 57.6 Å². The molecule has 1 atom stereocenters. The predicted octanol–water partition coefficient (Wildman–Crippen LogP) is 2.63. The van der Waals surface area contributed by atoms with Crippen molar-refractivity contribution in [3.05, 3.63) is 17.5 Å². The van der Waals surface area contributed by atoms with Gasteiger partial charge >= 0.3 is 0 Å². The monoisotopic (exact) mass is 360 g/mol. The summed E-state index contributed by atoms with van der Waals surface area (Å²) >= 11 is 0. The second kappa shape index (κ2) is 7.80. The minimum absolute atomic E-state index is 0.0712. The third-order valence-electron chi connectivity index (χ3n) is 5.99. The third-order valence-corrected chi connectivity index (χ3v) is 5.99.